The fraction of sp³-hybridized carbons (Fsp3) is 0.688. The molecule has 1 aliphatic carbocycles. The molecule has 0 radical (unpaired) electrons. The number of nitrogens with zero attached hydrogens (tertiary/aromatic N) is 4. The molecule has 0 spiro atoms. The third-order valence-electron chi connectivity index (χ3n) is 5.02. The Hall–Kier alpha value is -1.93. The number of aliphatic hydroxyl groups excluding tert-OH is 1. The van der Waals surface area contributed by atoms with E-state index in [1.54, 1.807) is 30.1 Å². The number of hydrogen-bond donors (Lipinski definition) is 2. The number of nitrogens with one attached hydrogen (secondary N) is 1. The zero-order chi connectivity index (χ0) is 17.1. The Bertz CT molecular complexity index is 568. The van der Waals surface area contributed by atoms with Gasteiger partial charge in [0.15, 0.2) is 0 Å². The Labute approximate surface area is 141 Å². The van der Waals surface area contributed by atoms with Gasteiger partial charge in [0.25, 0.3) is 0 Å². The Morgan fingerprint density at radius 1 is 1.25 bits per heavy atom. The molecule has 1 aliphatic heterocycles. The molecular weight excluding hydrogens is 310 g/mol. The van der Waals surface area contributed by atoms with Crippen LogP contribution in [0.2, 0.25) is 0 Å². The van der Waals surface area contributed by atoms with Crippen LogP contribution in [0.25, 0.3) is 0 Å². The average molecular weight is 335 g/mol. The highest BCUT2D eigenvalue weighted by Gasteiger charge is 2.39. The van der Waals surface area contributed by atoms with Gasteiger partial charge < -0.3 is 15.3 Å². The normalized spacial score (nSPS) is 28.1. The predicted octanol–water partition coefficient (Wildman–Crippen LogP) is -0.945. The maximum Gasteiger partial charge on any atom is 0.242 e. The van der Waals surface area contributed by atoms with Gasteiger partial charge in [0.1, 0.15) is 6.54 Å². The van der Waals surface area contributed by atoms with E-state index in [0.717, 1.165) is 25.9 Å². The van der Waals surface area contributed by atoms with Crippen LogP contribution in [0.3, 0.4) is 0 Å². The van der Waals surface area contributed by atoms with Gasteiger partial charge in [-0.25, -0.2) is 0 Å². The number of carbonyl (C=O) groups is 2. The maximum absolute atomic E-state index is 12.1. The number of hydrogen-bond acceptors (Lipinski definition) is 5. The third kappa shape index (κ3) is 3.76. The van der Waals surface area contributed by atoms with E-state index in [9.17, 15) is 14.7 Å². The van der Waals surface area contributed by atoms with Gasteiger partial charge >= 0.3 is 0 Å². The van der Waals surface area contributed by atoms with Crippen LogP contribution in [-0.2, 0) is 16.1 Å². The Balaban J connectivity index is 1.49. The number of amides is 2. The lowest BCUT2D eigenvalue weighted by molar-refractivity contribution is -0.131. The van der Waals surface area contributed by atoms with Crippen LogP contribution >= 0.6 is 0 Å². The fourth-order valence-electron chi connectivity index (χ4n) is 3.68. The number of aliphatic hydroxyl groups is 1. The van der Waals surface area contributed by atoms with Gasteiger partial charge in [0, 0.05) is 51.5 Å². The smallest absolute Gasteiger partial charge is 0.242 e. The molecule has 2 aliphatic rings. The van der Waals surface area contributed by atoms with Crippen molar-refractivity contribution >= 4 is 11.8 Å². The van der Waals surface area contributed by atoms with Crippen LogP contribution in [0.4, 0.5) is 0 Å². The number of aromatic nitrogens is 2. The van der Waals surface area contributed by atoms with E-state index in [1.165, 1.54) is 0 Å². The van der Waals surface area contributed by atoms with E-state index >= 15 is 0 Å². The average Bonchev–Trinajstić information content (AvgIpc) is 3.18. The van der Waals surface area contributed by atoms with Gasteiger partial charge in [0.2, 0.25) is 11.8 Å². The monoisotopic (exact) mass is 335 g/mol. The molecule has 0 unspecified atom stereocenters. The highest BCUT2D eigenvalue weighted by atomic mass is 16.3. The molecule has 8 heteroatoms. The molecule has 3 atom stereocenters. The van der Waals surface area contributed by atoms with Crippen molar-refractivity contribution in [1.29, 1.82) is 0 Å². The van der Waals surface area contributed by atoms with Crippen molar-refractivity contribution in [3.05, 3.63) is 18.5 Å². The molecule has 3 rings (SSSR count). The summed E-state index contributed by atoms with van der Waals surface area (Å²) in [6.07, 6.45) is 4.42. The molecule has 2 N–H and O–H groups in total. The van der Waals surface area contributed by atoms with Crippen molar-refractivity contribution in [1.82, 2.24) is 24.9 Å². The number of carbonyl (C=O) groups excluding carboxylic acids is 2. The summed E-state index contributed by atoms with van der Waals surface area (Å²) < 4.78 is 1.56. The predicted molar refractivity (Wildman–Crippen MR) is 87.0 cm³/mol. The highest BCUT2D eigenvalue weighted by molar-refractivity contribution is 5.76. The summed E-state index contributed by atoms with van der Waals surface area (Å²) in [5.74, 6) is -0.0322. The minimum Gasteiger partial charge on any atom is -0.389 e. The first-order chi connectivity index (χ1) is 11.5. The summed E-state index contributed by atoms with van der Waals surface area (Å²) >= 11 is 0. The van der Waals surface area contributed by atoms with Gasteiger partial charge in [0.05, 0.1) is 12.1 Å². The topological polar surface area (TPSA) is 90.7 Å². The van der Waals surface area contributed by atoms with Gasteiger partial charge in [-0.1, -0.05) is 0 Å². The molecule has 8 nitrogen and oxygen atoms in total. The van der Waals surface area contributed by atoms with Crippen molar-refractivity contribution in [2.75, 3.05) is 26.2 Å². The Morgan fingerprint density at radius 2 is 2.00 bits per heavy atom. The minimum atomic E-state index is -0.574. The molecule has 2 fully saturated rings. The summed E-state index contributed by atoms with van der Waals surface area (Å²) in [6, 6.07) is 1.60. The van der Waals surface area contributed by atoms with E-state index in [2.05, 4.69) is 15.3 Å². The second-order valence-corrected chi connectivity index (χ2v) is 6.55. The van der Waals surface area contributed by atoms with Crippen molar-refractivity contribution in [2.45, 2.75) is 44.5 Å². The maximum atomic E-state index is 12.1. The van der Waals surface area contributed by atoms with E-state index in [1.807, 2.05) is 4.90 Å². The standard InChI is InChI=1S/C16H25N5O3/c1-12(22)19-7-9-20(10-8-19)14-4-3-13(16(14)24)18-15(23)11-21-6-2-5-17-21/h2,5-6,13-14,16,24H,3-4,7-11H2,1H3,(H,18,23)/t13-,14-,16-/m1/s1. The van der Waals surface area contributed by atoms with E-state index < -0.39 is 6.10 Å². The van der Waals surface area contributed by atoms with Crippen LogP contribution in [0, 0.1) is 0 Å². The Morgan fingerprint density at radius 3 is 2.62 bits per heavy atom. The first-order valence-electron chi connectivity index (χ1n) is 8.49. The SMILES string of the molecule is CC(=O)N1CCN([C@@H]2CC[C@@H](NC(=O)Cn3cccn3)[C@H]2O)CC1. The van der Waals surface area contributed by atoms with Crippen LogP contribution in [0.1, 0.15) is 19.8 Å². The summed E-state index contributed by atoms with van der Waals surface area (Å²) in [5, 5.41) is 17.5. The van der Waals surface area contributed by atoms with E-state index in [4.69, 9.17) is 0 Å². The van der Waals surface area contributed by atoms with Crippen LogP contribution < -0.4 is 5.32 Å². The molecule has 1 saturated heterocycles. The second kappa shape index (κ2) is 7.31. The minimum absolute atomic E-state index is 0.0501. The van der Waals surface area contributed by atoms with Gasteiger partial charge in [-0.05, 0) is 18.9 Å². The fourth-order valence-corrected chi connectivity index (χ4v) is 3.68. The van der Waals surface area contributed by atoms with E-state index in [-0.39, 0.29) is 30.4 Å². The van der Waals surface area contributed by atoms with Crippen molar-refractivity contribution in [2.24, 2.45) is 0 Å². The molecule has 0 aromatic carbocycles. The van der Waals surface area contributed by atoms with Gasteiger partial charge in [-0.2, -0.15) is 5.10 Å². The lowest BCUT2D eigenvalue weighted by Crippen LogP contribution is -2.55. The van der Waals surface area contributed by atoms with Crippen molar-refractivity contribution in [3.8, 4) is 0 Å². The van der Waals surface area contributed by atoms with Crippen LogP contribution in [-0.4, -0.2) is 80.9 Å². The molecule has 2 amide bonds. The number of rotatable bonds is 4. The Kier molecular flexibility index (Phi) is 5.15. The van der Waals surface area contributed by atoms with Crippen LogP contribution in [0.5, 0.6) is 0 Å². The zero-order valence-electron chi connectivity index (χ0n) is 14.0. The van der Waals surface area contributed by atoms with Crippen LogP contribution in [0.15, 0.2) is 18.5 Å². The summed E-state index contributed by atoms with van der Waals surface area (Å²) in [7, 11) is 0. The molecule has 132 valence electrons. The highest BCUT2D eigenvalue weighted by Crippen LogP contribution is 2.26. The molecule has 1 saturated carbocycles. The van der Waals surface area contributed by atoms with Gasteiger partial charge in [-0.15, -0.1) is 0 Å². The van der Waals surface area contributed by atoms with Crippen molar-refractivity contribution in [3.63, 3.8) is 0 Å². The largest absolute Gasteiger partial charge is 0.389 e. The van der Waals surface area contributed by atoms with Crippen molar-refractivity contribution < 1.29 is 14.7 Å². The lowest BCUT2D eigenvalue weighted by atomic mass is 10.1. The lowest BCUT2D eigenvalue weighted by Gasteiger charge is -2.39. The summed E-state index contributed by atoms with van der Waals surface area (Å²) in [4.78, 5) is 27.5. The molecular formula is C16H25N5O3. The van der Waals surface area contributed by atoms with E-state index in [0.29, 0.717) is 13.1 Å². The number of piperazine rings is 1. The first kappa shape index (κ1) is 16.9. The molecule has 24 heavy (non-hydrogen) atoms. The molecule has 0 bridgehead atoms. The third-order valence-corrected chi connectivity index (χ3v) is 5.02. The molecule has 1 aromatic rings. The molecule has 1 aromatic heterocycles. The quantitative estimate of drug-likeness (QED) is 0.741. The molecule has 2 heterocycles. The summed E-state index contributed by atoms with van der Waals surface area (Å²) in [6.45, 7) is 4.71. The zero-order valence-corrected chi connectivity index (χ0v) is 14.0. The second-order valence-electron chi connectivity index (χ2n) is 6.55. The first-order valence-corrected chi connectivity index (χ1v) is 8.49. The van der Waals surface area contributed by atoms with Gasteiger partial charge in [-0.3, -0.25) is 19.2 Å². The summed E-state index contributed by atoms with van der Waals surface area (Å²) in [5.41, 5.74) is 0.